The molecule has 0 bridgehead atoms. The first-order valence-corrected chi connectivity index (χ1v) is 14.1. The molecule has 4 rings (SSSR count). The van der Waals surface area contributed by atoms with Gasteiger partial charge in [0.05, 0.1) is 24.6 Å². The maximum Gasteiger partial charge on any atom is 0.257 e. The van der Waals surface area contributed by atoms with Crippen LogP contribution in [0.25, 0.3) is 0 Å². The SMILES string of the molecule is COCCN1CCCCCCN(C(=O)Cc2ccc(F)cc2)[C@@H](Cc2ccccc2)COc2ccccc2C1=O. The number of ether oxygens (including phenoxy) is 2. The Morgan fingerprint density at radius 3 is 2.35 bits per heavy atom. The molecule has 40 heavy (non-hydrogen) atoms. The third-order valence-corrected chi connectivity index (χ3v) is 7.32. The van der Waals surface area contributed by atoms with Crippen molar-refractivity contribution in [3.8, 4) is 5.75 Å². The number of methoxy groups -OCH3 is 1. The molecular formula is C33H39FN2O4. The second-order valence-electron chi connectivity index (χ2n) is 10.2. The largest absolute Gasteiger partial charge is 0.491 e. The molecule has 1 aliphatic rings. The number of hydrogen-bond acceptors (Lipinski definition) is 4. The van der Waals surface area contributed by atoms with Crippen molar-refractivity contribution >= 4 is 11.8 Å². The number of carbonyl (C=O) groups is 2. The lowest BCUT2D eigenvalue weighted by Crippen LogP contribution is -2.46. The van der Waals surface area contributed by atoms with Crippen LogP contribution in [0.1, 0.15) is 47.2 Å². The third kappa shape index (κ3) is 8.39. The zero-order chi connectivity index (χ0) is 28.2. The minimum absolute atomic E-state index is 0.0154. The quantitative estimate of drug-likeness (QED) is 0.390. The Labute approximate surface area is 236 Å². The van der Waals surface area contributed by atoms with E-state index < -0.39 is 0 Å². The highest BCUT2D eigenvalue weighted by atomic mass is 19.1. The van der Waals surface area contributed by atoms with Gasteiger partial charge in [-0.15, -0.1) is 0 Å². The van der Waals surface area contributed by atoms with E-state index in [0.29, 0.717) is 44.0 Å². The second-order valence-corrected chi connectivity index (χ2v) is 10.2. The maximum atomic E-state index is 13.7. The molecule has 212 valence electrons. The molecular weight excluding hydrogens is 507 g/mol. The van der Waals surface area contributed by atoms with Gasteiger partial charge in [0.1, 0.15) is 18.2 Å². The number of nitrogens with zero attached hydrogens (tertiary/aromatic N) is 2. The Morgan fingerprint density at radius 1 is 0.900 bits per heavy atom. The summed E-state index contributed by atoms with van der Waals surface area (Å²) in [5, 5.41) is 0. The Balaban J connectivity index is 1.63. The average molecular weight is 547 g/mol. The molecule has 0 radical (unpaired) electrons. The Hall–Kier alpha value is -3.71. The topological polar surface area (TPSA) is 59.1 Å². The predicted molar refractivity (Wildman–Crippen MR) is 154 cm³/mol. The lowest BCUT2D eigenvalue weighted by molar-refractivity contribution is -0.133. The van der Waals surface area contributed by atoms with E-state index >= 15 is 0 Å². The summed E-state index contributed by atoms with van der Waals surface area (Å²) in [5.41, 5.74) is 2.39. The standard InChI is InChI=1S/C33H39FN2O4/c1-39-22-21-35-19-9-2-3-10-20-36(32(37)24-27-15-17-28(34)18-16-27)29(23-26-11-5-4-6-12-26)25-40-31-14-8-7-13-30(31)33(35)38/h4-8,11-18,29H,2-3,9-10,19-25H2,1H3/t29-/m0/s1. The molecule has 3 aromatic rings. The number of benzene rings is 3. The summed E-state index contributed by atoms with van der Waals surface area (Å²) in [6, 6.07) is 23.3. The number of carbonyl (C=O) groups excluding carboxylic acids is 2. The van der Waals surface area contributed by atoms with Gasteiger partial charge in [0.2, 0.25) is 5.91 Å². The number of rotatable bonds is 7. The zero-order valence-corrected chi connectivity index (χ0v) is 23.3. The van der Waals surface area contributed by atoms with Crippen LogP contribution in [0.3, 0.4) is 0 Å². The van der Waals surface area contributed by atoms with Crippen molar-refractivity contribution in [3.05, 3.63) is 101 Å². The van der Waals surface area contributed by atoms with Crippen LogP contribution in [-0.2, 0) is 22.4 Å². The first-order chi connectivity index (χ1) is 19.5. The molecule has 3 aromatic carbocycles. The summed E-state index contributed by atoms with van der Waals surface area (Å²) in [5.74, 6) is 0.0988. The van der Waals surface area contributed by atoms with Gasteiger partial charge in [-0.05, 0) is 54.7 Å². The number of hydrogen-bond donors (Lipinski definition) is 0. The number of para-hydroxylation sites is 1. The molecule has 7 heteroatoms. The van der Waals surface area contributed by atoms with E-state index in [9.17, 15) is 14.0 Å². The fraction of sp³-hybridized carbons (Fsp3) is 0.394. The highest BCUT2D eigenvalue weighted by Crippen LogP contribution is 2.23. The fourth-order valence-corrected chi connectivity index (χ4v) is 5.11. The highest BCUT2D eigenvalue weighted by Gasteiger charge is 2.27. The average Bonchev–Trinajstić information content (AvgIpc) is 2.97. The smallest absolute Gasteiger partial charge is 0.257 e. The molecule has 1 aliphatic heterocycles. The molecule has 0 unspecified atom stereocenters. The summed E-state index contributed by atoms with van der Waals surface area (Å²) < 4.78 is 25.1. The minimum atomic E-state index is -0.321. The molecule has 0 saturated carbocycles. The van der Waals surface area contributed by atoms with Crippen LogP contribution in [-0.4, -0.2) is 67.6 Å². The van der Waals surface area contributed by atoms with E-state index in [1.54, 1.807) is 25.3 Å². The van der Waals surface area contributed by atoms with Gasteiger partial charge in [0.25, 0.3) is 5.91 Å². The molecule has 0 N–H and O–H groups in total. The molecule has 0 saturated heterocycles. The Bertz CT molecular complexity index is 1220. The third-order valence-electron chi connectivity index (χ3n) is 7.32. The van der Waals surface area contributed by atoms with E-state index in [0.717, 1.165) is 36.8 Å². The van der Waals surface area contributed by atoms with E-state index in [1.165, 1.54) is 12.1 Å². The van der Waals surface area contributed by atoms with Gasteiger partial charge >= 0.3 is 0 Å². The van der Waals surface area contributed by atoms with Crippen LogP contribution in [0.4, 0.5) is 4.39 Å². The van der Waals surface area contributed by atoms with Gasteiger partial charge in [-0.1, -0.05) is 67.4 Å². The van der Waals surface area contributed by atoms with Crippen molar-refractivity contribution in [2.45, 2.75) is 44.6 Å². The van der Waals surface area contributed by atoms with Gasteiger partial charge in [0, 0.05) is 26.7 Å². The normalized spacial score (nSPS) is 17.1. The summed E-state index contributed by atoms with van der Waals surface area (Å²) >= 11 is 0. The Kier molecular flexibility index (Phi) is 11.1. The van der Waals surface area contributed by atoms with Crippen molar-refractivity contribution in [2.24, 2.45) is 0 Å². The minimum Gasteiger partial charge on any atom is -0.491 e. The van der Waals surface area contributed by atoms with Crippen molar-refractivity contribution in [1.29, 1.82) is 0 Å². The zero-order valence-electron chi connectivity index (χ0n) is 23.3. The highest BCUT2D eigenvalue weighted by molar-refractivity contribution is 5.97. The predicted octanol–water partition coefficient (Wildman–Crippen LogP) is 5.55. The maximum absolute atomic E-state index is 13.7. The van der Waals surface area contributed by atoms with Crippen molar-refractivity contribution < 1.29 is 23.5 Å². The van der Waals surface area contributed by atoms with Crippen LogP contribution < -0.4 is 4.74 Å². The van der Waals surface area contributed by atoms with Crippen LogP contribution in [0.5, 0.6) is 5.75 Å². The van der Waals surface area contributed by atoms with Gasteiger partial charge < -0.3 is 19.3 Å². The van der Waals surface area contributed by atoms with Gasteiger partial charge in [-0.3, -0.25) is 9.59 Å². The summed E-state index contributed by atoms with van der Waals surface area (Å²) in [7, 11) is 1.64. The molecule has 0 spiro atoms. The monoisotopic (exact) mass is 546 g/mol. The molecule has 2 amide bonds. The van der Waals surface area contributed by atoms with E-state index in [2.05, 4.69) is 12.1 Å². The first kappa shape index (κ1) is 29.3. The van der Waals surface area contributed by atoms with Gasteiger partial charge in [0.15, 0.2) is 0 Å². The number of amides is 2. The van der Waals surface area contributed by atoms with Crippen molar-refractivity contribution in [1.82, 2.24) is 9.80 Å². The molecule has 1 heterocycles. The number of halogens is 1. The van der Waals surface area contributed by atoms with Crippen LogP contribution in [0.15, 0.2) is 78.9 Å². The second kappa shape index (κ2) is 15.2. The lowest BCUT2D eigenvalue weighted by Gasteiger charge is -2.33. The van der Waals surface area contributed by atoms with Crippen LogP contribution >= 0.6 is 0 Å². The summed E-state index contributed by atoms with van der Waals surface area (Å²) in [4.78, 5) is 31.1. The number of fused-ring (bicyclic) bond motifs is 1. The van der Waals surface area contributed by atoms with E-state index in [-0.39, 0.29) is 36.7 Å². The lowest BCUT2D eigenvalue weighted by atomic mass is 10.0. The van der Waals surface area contributed by atoms with Crippen LogP contribution in [0.2, 0.25) is 0 Å². The molecule has 0 aliphatic carbocycles. The first-order valence-electron chi connectivity index (χ1n) is 14.1. The van der Waals surface area contributed by atoms with Crippen LogP contribution in [0, 0.1) is 5.82 Å². The Morgan fingerprint density at radius 2 is 1.60 bits per heavy atom. The van der Waals surface area contributed by atoms with Crippen molar-refractivity contribution in [2.75, 3.05) is 40.0 Å². The van der Waals surface area contributed by atoms with E-state index in [1.807, 2.05) is 46.2 Å². The van der Waals surface area contributed by atoms with Crippen molar-refractivity contribution in [3.63, 3.8) is 0 Å². The summed E-state index contributed by atoms with van der Waals surface area (Å²) in [6.07, 6.45) is 4.43. The molecule has 6 nitrogen and oxygen atoms in total. The molecule has 1 atom stereocenters. The fourth-order valence-electron chi connectivity index (χ4n) is 5.11. The van der Waals surface area contributed by atoms with Gasteiger partial charge in [-0.2, -0.15) is 0 Å². The summed E-state index contributed by atoms with van der Waals surface area (Å²) in [6.45, 7) is 2.48. The van der Waals surface area contributed by atoms with E-state index in [4.69, 9.17) is 9.47 Å². The van der Waals surface area contributed by atoms with Gasteiger partial charge in [-0.25, -0.2) is 4.39 Å². The molecule has 0 aromatic heterocycles. The molecule has 0 fully saturated rings.